The van der Waals surface area contributed by atoms with Crippen molar-refractivity contribution in [3.63, 3.8) is 0 Å². The maximum Gasteiger partial charge on any atom is 0.257 e. The van der Waals surface area contributed by atoms with Gasteiger partial charge in [0.1, 0.15) is 6.33 Å². The summed E-state index contributed by atoms with van der Waals surface area (Å²) in [5.74, 6) is 0.0123. The zero-order chi connectivity index (χ0) is 13.8. The standard InChI is InChI=1S/C15H16N4O/c20-15(13-10-16-12-17-11-13)19-8-6-18(7-9-19)14-4-2-1-3-5-14/h1-5,10-12H,6-9H2. The molecule has 0 unspecified atom stereocenters. The van der Waals surface area contributed by atoms with Gasteiger partial charge in [-0.2, -0.15) is 0 Å². The topological polar surface area (TPSA) is 49.3 Å². The molecule has 1 aliphatic rings. The minimum Gasteiger partial charge on any atom is -0.368 e. The number of benzene rings is 1. The number of rotatable bonds is 2. The second kappa shape index (κ2) is 5.69. The first-order chi connectivity index (χ1) is 9.84. The molecule has 102 valence electrons. The van der Waals surface area contributed by atoms with Gasteiger partial charge in [0, 0.05) is 44.3 Å². The monoisotopic (exact) mass is 268 g/mol. The molecule has 0 bridgehead atoms. The SMILES string of the molecule is O=C(c1cncnc1)N1CCN(c2ccccc2)CC1. The van der Waals surface area contributed by atoms with Gasteiger partial charge in [0.15, 0.2) is 0 Å². The highest BCUT2D eigenvalue weighted by Gasteiger charge is 2.22. The molecule has 1 amide bonds. The number of carbonyl (C=O) groups excluding carboxylic acids is 1. The Balaban J connectivity index is 1.63. The largest absolute Gasteiger partial charge is 0.368 e. The number of para-hydroxylation sites is 1. The molecule has 0 spiro atoms. The first-order valence-corrected chi connectivity index (χ1v) is 6.69. The van der Waals surface area contributed by atoms with Crippen LogP contribution in [-0.2, 0) is 0 Å². The van der Waals surface area contributed by atoms with Crippen LogP contribution in [0.5, 0.6) is 0 Å². The van der Waals surface area contributed by atoms with Crippen LogP contribution in [0.2, 0.25) is 0 Å². The molecule has 0 atom stereocenters. The summed E-state index contributed by atoms with van der Waals surface area (Å²) in [6.07, 6.45) is 4.57. The minimum absolute atomic E-state index is 0.0123. The molecule has 0 N–H and O–H groups in total. The maximum absolute atomic E-state index is 12.3. The highest BCUT2D eigenvalue weighted by atomic mass is 16.2. The van der Waals surface area contributed by atoms with E-state index in [4.69, 9.17) is 0 Å². The van der Waals surface area contributed by atoms with Crippen molar-refractivity contribution < 1.29 is 4.79 Å². The van der Waals surface area contributed by atoms with Crippen LogP contribution in [0.3, 0.4) is 0 Å². The van der Waals surface area contributed by atoms with Gasteiger partial charge in [-0.05, 0) is 12.1 Å². The Morgan fingerprint density at radius 2 is 1.60 bits per heavy atom. The normalized spacial score (nSPS) is 15.2. The number of hydrogen-bond donors (Lipinski definition) is 0. The lowest BCUT2D eigenvalue weighted by Gasteiger charge is -2.36. The second-order valence-corrected chi connectivity index (χ2v) is 4.74. The molecule has 3 rings (SSSR count). The summed E-state index contributed by atoms with van der Waals surface area (Å²) >= 11 is 0. The fraction of sp³-hybridized carbons (Fsp3) is 0.267. The summed E-state index contributed by atoms with van der Waals surface area (Å²) in [7, 11) is 0. The second-order valence-electron chi connectivity index (χ2n) is 4.74. The molecule has 1 aliphatic heterocycles. The van der Waals surface area contributed by atoms with E-state index in [0.29, 0.717) is 5.56 Å². The lowest BCUT2D eigenvalue weighted by Crippen LogP contribution is -2.48. The van der Waals surface area contributed by atoms with Crippen LogP contribution in [-0.4, -0.2) is 47.0 Å². The third kappa shape index (κ3) is 2.61. The van der Waals surface area contributed by atoms with Crippen LogP contribution in [0.15, 0.2) is 49.1 Å². The van der Waals surface area contributed by atoms with Crippen LogP contribution in [0.1, 0.15) is 10.4 Å². The quantitative estimate of drug-likeness (QED) is 0.827. The van der Waals surface area contributed by atoms with Crippen molar-refractivity contribution in [2.45, 2.75) is 0 Å². The highest BCUT2D eigenvalue weighted by Crippen LogP contribution is 2.16. The van der Waals surface area contributed by atoms with Crippen molar-refractivity contribution in [3.8, 4) is 0 Å². The smallest absolute Gasteiger partial charge is 0.257 e. The van der Waals surface area contributed by atoms with Crippen molar-refractivity contribution >= 4 is 11.6 Å². The van der Waals surface area contributed by atoms with Crippen molar-refractivity contribution in [3.05, 3.63) is 54.6 Å². The van der Waals surface area contributed by atoms with Crippen LogP contribution >= 0.6 is 0 Å². The minimum atomic E-state index is 0.0123. The maximum atomic E-state index is 12.3. The van der Waals surface area contributed by atoms with Crippen LogP contribution in [0, 0.1) is 0 Å². The molecular formula is C15H16N4O. The highest BCUT2D eigenvalue weighted by molar-refractivity contribution is 5.93. The Morgan fingerprint density at radius 3 is 2.25 bits per heavy atom. The number of hydrogen-bond acceptors (Lipinski definition) is 4. The first-order valence-electron chi connectivity index (χ1n) is 6.69. The number of amides is 1. The first kappa shape index (κ1) is 12.6. The number of aromatic nitrogens is 2. The average molecular weight is 268 g/mol. The molecule has 1 fully saturated rings. The molecule has 1 saturated heterocycles. The molecule has 2 heterocycles. The summed E-state index contributed by atoms with van der Waals surface area (Å²) in [6, 6.07) is 10.3. The van der Waals surface area contributed by atoms with Gasteiger partial charge in [-0.1, -0.05) is 18.2 Å². The Bertz CT molecular complexity index is 565. The van der Waals surface area contributed by atoms with Gasteiger partial charge in [0.25, 0.3) is 5.91 Å². The molecule has 0 aliphatic carbocycles. The Morgan fingerprint density at radius 1 is 0.950 bits per heavy atom. The lowest BCUT2D eigenvalue weighted by atomic mass is 10.2. The van der Waals surface area contributed by atoms with Crippen molar-refractivity contribution in [2.24, 2.45) is 0 Å². The molecular weight excluding hydrogens is 252 g/mol. The lowest BCUT2D eigenvalue weighted by molar-refractivity contribution is 0.0746. The number of piperazine rings is 1. The third-order valence-electron chi connectivity index (χ3n) is 3.50. The number of anilines is 1. The van der Waals surface area contributed by atoms with E-state index < -0.39 is 0 Å². The molecule has 5 heteroatoms. The Hall–Kier alpha value is -2.43. The van der Waals surface area contributed by atoms with Gasteiger partial charge in [0.2, 0.25) is 0 Å². The van der Waals surface area contributed by atoms with Crippen LogP contribution < -0.4 is 4.90 Å². The fourth-order valence-electron chi connectivity index (χ4n) is 2.40. The average Bonchev–Trinajstić information content (AvgIpc) is 2.56. The van der Waals surface area contributed by atoms with E-state index in [0.717, 1.165) is 26.2 Å². The summed E-state index contributed by atoms with van der Waals surface area (Å²) in [4.78, 5) is 24.2. The molecule has 20 heavy (non-hydrogen) atoms. The third-order valence-corrected chi connectivity index (χ3v) is 3.50. The van der Waals surface area contributed by atoms with E-state index in [1.807, 2.05) is 23.1 Å². The van der Waals surface area contributed by atoms with Gasteiger partial charge < -0.3 is 9.80 Å². The summed E-state index contributed by atoms with van der Waals surface area (Å²) in [5.41, 5.74) is 1.77. The molecule has 2 aromatic rings. The molecule has 1 aromatic heterocycles. The zero-order valence-corrected chi connectivity index (χ0v) is 11.1. The summed E-state index contributed by atoms with van der Waals surface area (Å²) in [5, 5.41) is 0. The van der Waals surface area contributed by atoms with Gasteiger partial charge in [0.05, 0.1) is 5.56 Å². The zero-order valence-electron chi connectivity index (χ0n) is 11.1. The van der Waals surface area contributed by atoms with Crippen LogP contribution in [0.25, 0.3) is 0 Å². The van der Waals surface area contributed by atoms with E-state index in [9.17, 15) is 4.79 Å². The predicted molar refractivity (Wildman–Crippen MR) is 76.6 cm³/mol. The fourth-order valence-corrected chi connectivity index (χ4v) is 2.40. The van der Waals surface area contributed by atoms with E-state index in [-0.39, 0.29) is 5.91 Å². The summed E-state index contributed by atoms with van der Waals surface area (Å²) in [6.45, 7) is 3.15. The van der Waals surface area contributed by atoms with Crippen LogP contribution in [0.4, 0.5) is 5.69 Å². The molecule has 0 radical (unpaired) electrons. The number of nitrogens with zero attached hydrogens (tertiary/aromatic N) is 4. The van der Waals surface area contributed by atoms with E-state index in [1.165, 1.54) is 12.0 Å². The molecule has 5 nitrogen and oxygen atoms in total. The molecule has 0 saturated carbocycles. The van der Waals surface area contributed by atoms with Gasteiger partial charge in [-0.15, -0.1) is 0 Å². The van der Waals surface area contributed by atoms with E-state index in [1.54, 1.807) is 12.4 Å². The van der Waals surface area contributed by atoms with Gasteiger partial charge in [-0.25, -0.2) is 9.97 Å². The van der Waals surface area contributed by atoms with Crippen molar-refractivity contribution in [1.29, 1.82) is 0 Å². The summed E-state index contributed by atoms with van der Waals surface area (Å²) < 4.78 is 0. The number of carbonyl (C=O) groups is 1. The predicted octanol–water partition coefficient (Wildman–Crippen LogP) is 1.44. The van der Waals surface area contributed by atoms with Gasteiger partial charge >= 0.3 is 0 Å². The van der Waals surface area contributed by atoms with Crippen molar-refractivity contribution in [1.82, 2.24) is 14.9 Å². The Kier molecular flexibility index (Phi) is 3.58. The van der Waals surface area contributed by atoms with Gasteiger partial charge in [-0.3, -0.25) is 4.79 Å². The Labute approximate surface area is 117 Å². The molecule has 1 aromatic carbocycles. The van der Waals surface area contributed by atoms with E-state index >= 15 is 0 Å². The van der Waals surface area contributed by atoms with E-state index in [2.05, 4.69) is 27.0 Å². The van der Waals surface area contributed by atoms with Crippen molar-refractivity contribution in [2.75, 3.05) is 31.1 Å².